The lowest BCUT2D eigenvalue weighted by atomic mass is 10.6. The predicted molar refractivity (Wildman–Crippen MR) is 22.2 cm³/mol. The number of nitrogens with zero attached hydrogens (tertiary/aromatic N) is 1. The minimum absolute atomic E-state index is 0.0231. The maximum absolute atomic E-state index is 8.34. The normalized spacial score (nSPS) is 18.3. The first-order chi connectivity index (χ1) is 2.89. The van der Waals surface area contributed by atoms with Crippen LogP contribution in [0.2, 0.25) is 0 Å². The predicted octanol–water partition coefficient (Wildman–Crippen LogP) is -0.229. The van der Waals surface area contributed by atoms with Crippen molar-refractivity contribution in [2.45, 2.75) is 0 Å². The lowest BCUT2D eigenvalue weighted by Gasteiger charge is -1.84. The van der Waals surface area contributed by atoms with E-state index >= 15 is 0 Å². The van der Waals surface area contributed by atoms with Gasteiger partial charge in [0.25, 0.3) is 0 Å². The highest BCUT2D eigenvalue weighted by molar-refractivity contribution is 5.87. The van der Waals surface area contributed by atoms with Crippen LogP contribution in [0.25, 0.3) is 0 Å². The second kappa shape index (κ2) is 1.12. The fraction of sp³-hybridized carbons (Fsp3) is 0.250. The topological polar surface area (TPSA) is 31.5 Å². The van der Waals surface area contributed by atoms with Crippen LogP contribution in [-0.4, -0.2) is 12.5 Å². The highest BCUT2D eigenvalue weighted by atomic mass is 16.5. The quantitative estimate of drug-likeness (QED) is 0.397. The number of hydrogen-bond acceptors (Lipinski definition) is 1. The van der Waals surface area contributed by atoms with Crippen molar-refractivity contribution in [2.24, 2.45) is 0 Å². The summed E-state index contributed by atoms with van der Waals surface area (Å²) in [5.74, 6) is 0.0231. The lowest BCUT2D eigenvalue weighted by molar-refractivity contribution is 0.367. The summed E-state index contributed by atoms with van der Waals surface area (Å²) in [6.45, 7) is 0.520. The maximum atomic E-state index is 8.34. The van der Waals surface area contributed by atoms with Gasteiger partial charge in [0.15, 0.2) is 0 Å². The van der Waals surface area contributed by atoms with Gasteiger partial charge in [0.1, 0.15) is 6.61 Å². The molecule has 1 aliphatic rings. The standard InChI is InChI=1S/C4H4NO/c5-4-2-1-3-6-4/h1-2H,3H2. The van der Waals surface area contributed by atoms with Crippen molar-refractivity contribution in [3.05, 3.63) is 12.2 Å². The van der Waals surface area contributed by atoms with Crippen LogP contribution >= 0.6 is 0 Å². The van der Waals surface area contributed by atoms with Crippen molar-refractivity contribution >= 4 is 5.90 Å². The molecule has 1 rings (SSSR count). The van der Waals surface area contributed by atoms with E-state index in [0.29, 0.717) is 6.61 Å². The number of hydrogen-bond donors (Lipinski definition) is 0. The Bertz CT molecular complexity index is 95.7. The van der Waals surface area contributed by atoms with Gasteiger partial charge in [0.05, 0.1) is 0 Å². The van der Waals surface area contributed by atoms with Gasteiger partial charge < -0.3 is 4.74 Å². The summed E-state index contributed by atoms with van der Waals surface area (Å²) in [6.07, 6.45) is 3.27. The Morgan fingerprint density at radius 3 is 2.83 bits per heavy atom. The van der Waals surface area contributed by atoms with Gasteiger partial charge >= 0.3 is 0 Å². The molecule has 0 fully saturated rings. The summed E-state index contributed by atoms with van der Waals surface area (Å²) >= 11 is 0. The van der Waals surface area contributed by atoms with E-state index in [1.807, 2.05) is 0 Å². The molecule has 0 unspecified atom stereocenters. The first kappa shape index (κ1) is 3.40. The highest BCUT2D eigenvalue weighted by Crippen LogP contribution is 1.88. The van der Waals surface area contributed by atoms with Crippen LogP contribution in [-0.2, 0) is 4.74 Å². The molecular formula is C4H4NO. The summed E-state index contributed by atoms with van der Waals surface area (Å²) in [5.41, 5.74) is 0. The molecule has 0 aromatic carbocycles. The molecule has 31 valence electrons. The minimum atomic E-state index is 0.0231. The Labute approximate surface area is 35.9 Å². The second-order valence-electron chi connectivity index (χ2n) is 1.05. The van der Waals surface area contributed by atoms with Crippen molar-refractivity contribution in [2.75, 3.05) is 6.61 Å². The average molecular weight is 82.1 g/mol. The molecule has 0 atom stereocenters. The van der Waals surface area contributed by atoms with Gasteiger partial charge in [0.2, 0.25) is 5.90 Å². The van der Waals surface area contributed by atoms with Crippen molar-refractivity contribution in [1.82, 2.24) is 5.41 Å². The summed E-state index contributed by atoms with van der Waals surface area (Å²) in [7, 11) is 0. The zero-order valence-corrected chi connectivity index (χ0v) is 3.22. The SMILES string of the molecule is [N]=C1C=CCO1. The fourth-order valence-electron chi connectivity index (χ4n) is 0.331. The van der Waals surface area contributed by atoms with Gasteiger partial charge in [-0.2, -0.15) is 0 Å². The second-order valence-corrected chi connectivity index (χ2v) is 1.05. The summed E-state index contributed by atoms with van der Waals surface area (Å²) in [5, 5.41) is 8.34. The van der Waals surface area contributed by atoms with Gasteiger partial charge in [-0.05, 0) is 6.08 Å². The molecule has 1 heterocycles. The third kappa shape index (κ3) is 0.407. The zero-order valence-electron chi connectivity index (χ0n) is 3.22. The van der Waals surface area contributed by atoms with E-state index in [9.17, 15) is 0 Å². The molecule has 0 N–H and O–H groups in total. The van der Waals surface area contributed by atoms with Gasteiger partial charge in [0, 0.05) is 6.08 Å². The molecule has 2 nitrogen and oxygen atoms in total. The van der Waals surface area contributed by atoms with E-state index in [1.165, 1.54) is 6.08 Å². The Balaban J connectivity index is 2.59. The molecule has 6 heavy (non-hydrogen) atoms. The largest absolute Gasteiger partial charge is 0.472 e. The van der Waals surface area contributed by atoms with Crippen molar-refractivity contribution in [3.63, 3.8) is 0 Å². The number of ether oxygens (including phenoxy) is 1. The Morgan fingerprint density at radius 2 is 2.67 bits per heavy atom. The van der Waals surface area contributed by atoms with Crippen molar-refractivity contribution < 1.29 is 4.74 Å². The number of rotatable bonds is 0. The molecule has 2 heteroatoms. The van der Waals surface area contributed by atoms with Gasteiger partial charge in [-0.25, -0.2) is 0 Å². The molecule has 0 saturated heterocycles. The van der Waals surface area contributed by atoms with Crippen LogP contribution in [0.15, 0.2) is 12.2 Å². The first-order valence-electron chi connectivity index (χ1n) is 1.75. The van der Waals surface area contributed by atoms with E-state index in [0.717, 1.165) is 0 Å². The first-order valence-corrected chi connectivity index (χ1v) is 1.75. The molecule has 0 aromatic rings. The van der Waals surface area contributed by atoms with Crippen LogP contribution in [0.1, 0.15) is 0 Å². The van der Waals surface area contributed by atoms with Gasteiger partial charge in [-0.3, -0.25) is 0 Å². The summed E-state index contributed by atoms with van der Waals surface area (Å²) < 4.78 is 4.51. The van der Waals surface area contributed by atoms with Crippen LogP contribution in [0.3, 0.4) is 0 Å². The minimum Gasteiger partial charge on any atom is -0.472 e. The van der Waals surface area contributed by atoms with Crippen LogP contribution in [0.5, 0.6) is 0 Å². The molecule has 1 radical (unpaired) electrons. The fourth-order valence-corrected chi connectivity index (χ4v) is 0.331. The van der Waals surface area contributed by atoms with Crippen LogP contribution < -0.4 is 5.41 Å². The van der Waals surface area contributed by atoms with E-state index < -0.39 is 0 Å². The van der Waals surface area contributed by atoms with E-state index in [4.69, 9.17) is 5.41 Å². The van der Waals surface area contributed by atoms with E-state index in [2.05, 4.69) is 4.74 Å². The molecule has 0 spiro atoms. The molecule has 0 aliphatic carbocycles. The molecular weight excluding hydrogens is 78.0 g/mol. The molecule has 0 amide bonds. The lowest BCUT2D eigenvalue weighted by Crippen LogP contribution is -1.92. The van der Waals surface area contributed by atoms with Crippen molar-refractivity contribution in [1.29, 1.82) is 0 Å². The van der Waals surface area contributed by atoms with Crippen LogP contribution in [0, 0.1) is 0 Å². The smallest absolute Gasteiger partial charge is 0.233 e. The van der Waals surface area contributed by atoms with Gasteiger partial charge in [-0.15, -0.1) is 5.41 Å². The highest BCUT2D eigenvalue weighted by Gasteiger charge is 1.95. The molecule has 0 saturated carbocycles. The van der Waals surface area contributed by atoms with Crippen LogP contribution in [0.4, 0.5) is 0 Å². The molecule has 1 aliphatic heterocycles. The zero-order chi connectivity index (χ0) is 4.41. The Hall–Kier alpha value is -0.790. The van der Waals surface area contributed by atoms with Crippen molar-refractivity contribution in [3.8, 4) is 0 Å². The van der Waals surface area contributed by atoms with Gasteiger partial charge in [-0.1, -0.05) is 0 Å². The third-order valence-electron chi connectivity index (χ3n) is 0.588. The average Bonchev–Trinajstić information content (AvgIpc) is 1.86. The Kier molecular flexibility index (Phi) is 0.638. The van der Waals surface area contributed by atoms with E-state index in [-0.39, 0.29) is 5.90 Å². The molecule has 0 bridgehead atoms. The summed E-state index contributed by atoms with van der Waals surface area (Å²) in [4.78, 5) is 0. The maximum Gasteiger partial charge on any atom is 0.233 e. The summed E-state index contributed by atoms with van der Waals surface area (Å²) in [6, 6.07) is 0. The molecule has 0 aromatic heterocycles. The monoisotopic (exact) mass is 82.0 g/mol. The van der Waals surface area contributed by atoms with E-state index in [1.54, 1.807) is 6.08 Å². The third-order valence-corrected chi connectivity index (χ3v) is 0.588. The Morgan fingerprint density at radius 1 is 1.83 bits per heavy atom.